The summed E-state index contributed by atoms with van der Waals surface area (Å²) in [5.74, 6) is -0.428. The lowest BCUT2D eigenvalue weighted by Gasteiger charge is -2.13. The Morgan fingerprint density at radius 3 is 2.65 bits per heavy atom. The van der Waals surface area contributed by atoms with Gasteiger partial charge in [-0.25, -0.2) is 5.06 Å². The van der Waals surface area contributed by atoms with E-state index in [1.54, 1.807) is 12.3 Å². The van der Waals surface area contributed by atoms with Gasteiger partial charge in [0, 0.05) is 18.7 Å². The van der Waals surface area contributed by atoms with E-state index in [1.165, 1.54) is 38.1 Å². The van der Waals surface area contributed by atoms with Crippen LogP contribution in [0.4, 0.5) is 5.69 Å². The van der Waals surface area contributed by atoms with Gasteiger partial charge in [0.1, 0.15) is 0 Å². The molecule has 0 fully saturated rings. The molecular weight excluding hydrogens is 244 g/mol. The van der Waals surface area contributed by atoms with Gasteiger partial charge in [0.15, 0.2) is 0 Å². The number of hydrogen-bond acceptors (Lipinski definition) is 5. The van der Waals surface area contributed by atoms with Gasteiger partial charge in [-0.15, -0.1) is 11.8 Å². The summed E-state index contributed by atoms with van der Waals surface area (Å²) in [6, 6.07) is 4.35. The number of carbonyl (C=O) groups is 1. The Labute approximate surface area is 103 Å². The molecule has 0 spiro atoms. The molecule has 1 rings (SSSR count). The Kier molecular flexibility index (Phi) is 4.47. The highest BCUT2D eigenvalue weighted by Gasteiger charge is 2.18. The fraction of sp³-hybridized carbons (Fsp3) is 0.300. The first-order chi connectivity index (χ1) is 8.01. The van der Waals surface area contributed by atoms with E-state index in [9.17, 15) is 14.9 Å². The summed E-state index contributed by atoms with van der Waals surface area (Å²) in [6.07, 6.45) is 1.74. The van der Waals surface area contributed by atoms with Gasteiger partial charge >= 0.3 is 0 Å². The fourth-order valence-corrected chi connectivity index (χ4v) is 1.78. The van der Waals surface area contributed by atoms with Gasteiger partial charge in [0.2, 0.25) is 0 Å². The zero-order valence-electron chi connectivity index (χ0n) is 9.67. The minimum Gasteiger partial charge on any atom is -0.274 e. The molecule has 0 atom stereocenters. The van der Waals surface area contributed by atoms with E-state index in [4.69, 9.17) is 4.84 Å². The van der Waals surface area contributed by atoms with Crippen LogP contribution in [-0.4, -0.2) is 36.3 Å². The molecule has 1 amide bonds. The molecule has 0 aliphatic heterocycles. The van der Waals surface area contributed by atoms with Crippen LogP contribution in [0.25, 0.3) is 0 Å². The van der Waals surface area contributed by atoms with E-state index < -0.39 is 10.8 Å². The minimum absolute atomic E-state index is 0.0761. The Hall–Kier alpha value is -1.60. The normalized spacial score (nSPS) is 10.1. The van der Waals surface area contributed by atoms with Crippen molar-refractivity contribution < 1.29 is 14.6 Å². The van der Waals surface area contributed by atoms with Crippen molar-refractivity contribution in [1.29, 1.82) is 0 Å². The average Bonchev–Trinajstić information content (AvgIpc) is 2.35. The summed E-state index contributed by atoms with van der Waals surface area (Å²) < 4.78 is 0. The molecule has 6 nitrogen and oxygen atoms in total. The molecule has 7 heteroatoms. The number of rotatable bonds is 4. The molecule has 0 N–H and O–H groups in total. The second-order valence-electron chi connectivity index (χ2n) is 3.13. The van der Waals surface area contributed by atoms with E-state index in [-0.39, 0.29) is 11.3 Å². The molecule has 17 heavy (non-hydrogen) atoms. The summed E-state index contributed by atoms with van der Waals surface area (Å²) >= 11 is 1.26. The highest BCUT2D eigenvalue weighted by atomic mass is 32.2. The standard InChI is InChI=1S/C10H12N2O4S/c1-11(16-2)10(13)7-4-5-9(17-3)8(6-7)12(14)15/h4-6H,1-3H3. The molecule has 0 radical (unpaired) electrons. The first-order valence-corrected chi connectivity index (χ1v) is 5.88. The number of thioether (sulfide) groups is 1. The number of nitro groups is 1. The third-order valence-electron chi connectivity index (χ3n) is 2.18. The van der Waals surface area contributed by atoms with Gasteiger partial charge in [0.05, 0.1) is 16.9 Å². The number of carbonyl (C=O) groups excluding carboxylic acids is 1. The fourth-order valence-electron chi connectivity index (χ4n) is 1.23. The van der Waals surface area contributed by atoms with E-state index in [0.29, 0.717) is 4.90 Å². The molecule has 0 heterocycles. The number of hydroxylamine groups is 2. The highest BCUT2D eigenvalue weighted by molar-refractivity contribution is 7.98. The number of nitrogens with zero attached hydrogens (tertiary/aromatic N) is 2. The van der Waals surface area contributed by atoms with Crippen LogP contribution in [0.1, 0.15) is 10.4 Å². The van der Waals surface area contributed by atoms with Crippen molar-refractivity contribution in [2.24, 2.45) is 0 Å². The maximum Gasteiger partial charge on any atom is 0.283 e. The smallest absolute Gasteiger partial charge is 0.274 e. The summed E-state index contributed by atoms with van der Waals surface area (Å²) in [6.45, 7) is 0. The average molecular weight is 256 g/mol. The molecule has 92 valence electrons. The summed E-state index contributed by atoms with van der Waals surface area (Å²) in [4.78, 5) is 27.3. The van der Waals surface area contributed by atoms with Crippen LogP contribution in [0.15, 0.2) is 23.1 Å². The third kappa shape index (κ3) is 2.95. The second-order valence-corrected chi connectivity index (χ2v) is 3.98. The van der Waals surface area contributed by atoms with Crippen molar-refractivity contribution >= 4 is 23.4 Å². The second kappa shape index (κ2) is 5.65. The van der Waals surface area contributed by atoms with Crippen molar-refractivity contribution in [1.82, 2.24) is 5.06 Å². The Morgan fingerprint density at radius 1 is 1.53 bits per heavy atom. The van der Waals surface area contributed by atoms with Gasteiger partial charge in [-0.1, -0.05) is 0 Å². The molecule has 0 saturated carbocycles. The number of hydrogen-bond donors (Lipinski definition) is 0. The van der Waals surface area contributed by atoms with E-state index >= 15 is 0 Å². The van der Waals surface area contributed by atoms with Gasteiger partial charge in [-0.2, -0.15) is 0 Å². The van der Waals surface area contributed by atoms with Gasteiger partial charge < -0.3 is 0 Å². The van der Waals surface area contributed by atoms with Crippen LogP contribution in [0.5, 0.6) is 0 Å². The molecule has 0 saturated heterocycles. The lowest BCUT2D eigenvalue weighted by atomic mass is 10.2. The monoisotopic (exact) mass is 256 g/mol. The van der Waals surface area contributed by atoms with Gasteiger partial charge in [-0.3, -0.25) is 19.7 Å². The van der Waals surface area contributed by atoms with Crippen LogP contribution in [-0.2, 0) is 4.84 Å². The molecule has 0 bridgehead atoms. The molecule has 0 unspecified atom stereocenters. The van der Waals surface area contributed by atoms with Crippen molar-refractivity contribution in [3.05, 3.63) is 33.9 Å². The van der Waals surface area contributed by atoms with Crippen LogP contribution in [0.3, 0.4) is 0 Å². The zero-order valence-corrected chi connectivity index (χ0v) is 10.5. The van der Waals surface area contributed by atoms with Crippen molar-refractivity contribution in [2.45, 2.75) is 4.90 Å². The van der Waals surface area contributed by atoms with Gasteiger partial charge in [0.25, 0.3) is 11.6 Å². The van der Waals surface area contributed by atoms with Crippen molar-refractivity contribution in [3.8, 4) is 0 Å². The molecule has 1 aromatic rings. The number of amides is 1. The molecule has 0 aliphatic rings. The summed E-state index contributed by atoms with van der Waals surface area (Å²) in [5, 5.41) is 11.8. The maximum absolute atomic E-state index is 11.7. The molecular formula is C10H12N2O4S. The van der Waals surface area contributed by atoms with E-state index in [2.05, 4.69) is 0 Å². The predicted octanol–water partition coefficient (Wildman–Crippen LogP) is 1.95. The van der Waals surface area contributed by atoms with Gasteiger partial charge in [-0.05, 0) is 18.4 Å². The van der Waals surface area contributed by atoms with Crippen LogP contribution < -0.4 is 0 Å². The van der Waals surface area contributed by atoms with Crippen LogP contribution >= 0.6 is 11.8 Å². The zero-order chi connectivity index (χ0) is 13.0. The van der Waals surface area contributed by atoms with Crippen LogP contribution in [0.2, 0.25) is 0 Å². The molecule has 0 aliphatic carbocycles. The number of benzene rings is 1. The molecule has 1 aromatic carbocycles. The maximum atomic E-state index is 11.7. The third-order valence-corrected chi connectivity index (χ3v) is 2.97. The minimum atomic E-state index is -0.505. The first-order valence-electron chi connectivity index (χ1n) is 4.65. The number of nitro benzene ring substituents is 1. The lowest BCUT2D eigenvalue weighted by molar-refractivity contribution is -0.387. The Bertz CT molecular complexity index is 450. The Morgan fingerprint density at radius 2 is 2.18 bits per heavy atom. The summed E-state index contributed by atoms with van der Waals surface area (Å²) in [5.41, 5.74) is 0.145. The topological polar surface area (TPSA) is 72.7 Å². The van der Waals surface area contributed by atoms with Crippen molar-refractivity contribution in [3.63, 3.8) is 0 Å². The SMILES string of the molecule is CON(C)C(=O)c1ccc(SC)c([N+](=O)[O-])c1. The van der Waals surface area contributed by atoms with E-state index in [0.717, 1.165) is 5.06 Å². The first kappa shape index (κ1) is 13.5. The predicted molar refractivity (Wildman–Crippen MR) is 64.0 cm³/mol. The lowest BCUT2D eigenvalue weighted by Crippen LogP contribution is -2.25. The van der Waals surface area contributed by atoms with E-state index in [1.807, 2.05) is 0 Å². The molecule has 0 aromatic heterocycles. The highest BCUT2D eigenvalue weighted by Crippen LogP contribution is 2.28. The van der Waals surface area contributed by atoms with Crippen LogP contribution in [0, 0.1) is 10.1 Å². The van der Waals surface area contributed by atoms with Crippen molar-refractivity contribution in [2.75, 3.05) is 20.4 Å². The summed E-state index contributed by atoms with van der Waals surface area (Å²) in [7, 11) is 2.79. The largest absolute Gasteiger partial charge is 0.283 e. The quantitative estimate of drug-likeness (QED) is 0.467. The Balaban J connectivity index is 3.16.